The van der Waals surface area contributed by atoms with E-state index in [9.17, 15) is 13.2 Å². The maximum atomic E-state index is 12.1. The molecule has 0 atom stereocenters. The Balaban J connectivity index is 1.43. The largest absolute Gasteiger partial charge is 0.490 e. The zero-order valence-corrected chi connectivity index (χ0v) is 19.3. The van der Waals surface area contributed by atoms with Gasteiger partial charge in [0.25, 0.3) is 0 Å². The number of hydrogen-bond donors (Lipinski definition) is 0. The molecule has 1 fully saturated rings. The Hall–Kier alpha value is -2.88. The summed E-state index contributed by atoms with van der Waals surface area (Å²) in [5.74, 6) is 1.30. The van der Waals surface area contributed by atoms with Gasteiger partial charge in [0.15, 0.2) is 9.84 Å². The summed E-state index contributed by atoms with van der Waals surface area (Å²) in [4.78, 5) is 24.4. The van der Waals surface area contributed by atoms with E-state index in [1.54, 1.807) is 4.90 Å². The number of benzene rings is 1. The molecule has 0 aliphatic carbocycles. The van der Waals surface area contributed by atoms with Crippen LogP contribution in [0.4, 0.5) is 16.4 Å². The van der Waals surface area contributed by atoms with Crippen LogP contribution in [0.2, 0.25) is 0 Å². The van der Waals surface area contributed by atoms with Gasteiger partial charge in [-0.05, 0) is 32.4 Å². The number of carbonyl (C=O) groups is 1. The van der Waals surface area contributed by atoms with Crippen LogP contribution in [0, 0.1) is 0 Å². The molecule has 172 valence electrons. The standard InChI is InChI=1S/C22H28N4O5S/c1-15(2)30-22(27)25-10-7-16(8-11-25)31-20-6-4-5-19-18(20)9-12-26(19)21-23-13-17(14-24-21)32(3,28)29/h4-6,13-16H,7-12H2,1-3H3. The Morgan fingerprint density at radius 1 is 1.12 bits per heavy atom. The summed E-state index contributed by atoms with van der Waals surface area (Å²) in [7, 11) is -3.34. The van der Waals surface area contributed by atoms with E-state index in [-0.39, 0.29) is 23.2 Å². The third kappa shape index (κ3) is 4.79. The molecular weight excluding hydrogens is 432 g/mol. The third-order valence-corrected chi connectivity index (χ3v) is 6.67. The van der Waals surface area contributed by atoms with E-state index in [1.165, 1.54) is 12.4 Å². The molecule has 10 heteroatoms. The fourth-order valence-electron chi connectivity index (χ4n) is 3.97. The normalized spacial score (nSPS) is 16.9. The van der Waals surface area contributed by atoms with Crippen LogP contribution in [0.3, 0.4) is 0 Å². The first-order valence-corrected chi connectivity index (χ1v) is 12.7. The van der Waals surface area contributed by atoms with Crippen molar-refractivity contribution < 1.29 is 22.7 Å². The molecule has 1 saturated heterocycles. The predicted molar refractivity (Wildman–Crippen MR) is 119 cm³/mol. The molecular formula is C22H28N4O5S. The summed E-state index contributed by atoms with van der Waals surface area (Å²) in [5, 5.41) is 0. The van der Waals surface area contributed by atoms with Crippen molar-refractivity contribution in [3.05, 3.63) is 36.2 Å². The van der Waals surface area contributed by atoms with Gasteiger partial charge in [0.2, 0.25) is 5.95 Å². The number of piperidine rings is 1. The van der Waals surface area contributed by atoms with Gasteiger partial charge in [-0.3, -0.25) is 0 Å². The van der Waals surface area contributed by atoms with Crippen LogP contribution >= 0.6 is 0 Å². The summed E-state index contributed by atoms with van der Waals surface area (Å²) in [6, 6.07) is 5.90. The fraction of sp³-hybridized carbons (Fsp3) is 0.500. The first-order chi connectivity index (χ1) is 15.2. The molecule has 0 saturated carbocycles. The number of aromatic nitrogens is 2. The number of rotatable bonds is 5. The highest BCUT2D eigenvalue weighted by Gasteiger charge is 2.29. The van der Waals surface area contributed by atoms with E-state index in [4.69, 9.17) is 9.47 Å². The average molecular weight is 461 g/mol. The lowest BCUT2D eigenvalue weighted by Crippen LogP contribution is -2.42. The van der Waals surface area contributed by atoms with Crippen LogP contribution in [0.5, 0.6) is 5.75 Å². The number of fused-ring (bicyclic) bond motifs is 1. The van der Waals surface area contributed by atoms with E-state index in [2.05, 4.69) is 9.97 Å². The minimum Gasteiger partial charge on any atom is -0.490 e. The zero-order chi connectivity index (χ0) is 22.9. The Bertz CT molecular complexity index is 1080. The zero-order valence-electron chi connectivity index (χ0n) is 18.5. The van der Waals surface area contributed by atoms with Crippen molar-refractivity contribution in [3.8, 4) is 5.75 Å². The van der Waals surface area contributed by atoms with Crippen molar-refractivity contribution in [2.24, 2.45) is 0 Å². The molecule has 2 aliphatic heterocycles. The highest BCUT2D eigenvalue weighted by Crippen LogP contribution is 2.39. The average Bonchev–Trinajstić information content (AvgIpc) is 3.18. The van der Waals surface area contributed by atoms with Crippen LogP contribution in [-0.4, -0.2) is 67.5 Å². The van der Waals surface area contributed by atoms with Gasteiger partial charge in [0, 0.05) is 44.3 Å². The maximum absolute atomic E-state index is 12.1. The van der Waals surface area contributed by atoms with Crippen molar-refractivity contribution in [1.82, 2.24) is 14.9 Å². The smallest absolute Gasteiger partial charge is 0.410 e. The molecule has 1 aromatic heterocycles. The van der Waals surface area contributed by atoms with Crippen molar-refractivity contribution in [2.75, 3.05) is 30.8 Å². The molecule has 1 aromatic carbocycles. The maximum Gasteiger partial charge on any atom is 0.410 e. The number of nitrogens with zero attached hydrogens (tertiary/aromatic N) is 4. The van der Waals surface area contributed by atoms with Crippen LogP contribution < -0.4 is 9.64 Å². The van der Waals surface area contributed by atoms with Crippen molar-refractivity contribution in [2.45, 2.75) is 50.2 Å². The van der Waals surface area contributed by atoms with Crippen LogP contribution in [0.15, 0.2) is 35.5 Å². The first kappa shape index (κ1) is 22.3. The van der Waals surface area contributed by atoms with Crippen molar-refractivity contribution >= 4 is 27.6 Å². The number of carbonyl (C=O) groups excluding carboxylic acids is 1. The Morgan fingerprint density at radius 3 is 2.44 bits per heavy atom. The Kier molecular flexibility index (Phi) is 6.23. The minimum absolute atomic E-state index is 0.0314. The van der Waals surface area contributed by atoms with Gasteiger partial charge in [0.05, 0.1) is 24.2 Å². The second-order valence-corrected chi connectivity index (χ2v) is 10.4. The van der Waals surface area contributed by atoms with Crippen LogP contribution in [-0.2, 0) is 21.0 Å². The van der Waals surface area contributed by atoms with Gasteiger partial charge in [-0.1, -0.05) is 6.07 Å². The van der Waals surface area contributed by atoms with Crippen molar-refractivity contribution in [3.63, 3.8) is 0 Å². The van der Waals surface area contributed by atoms with E-state index < -0.39 is 9.84 Å². The monoisotopic (exact) mass is 460 g/mol. The van der Waals surface area contributed by atoms with Gasteiger partial charge in [-0.15, -0.1) is 0 Å². The number of anilines is 2. The molecule has 2 aromatic rings. The summed E-state index contributed by atoms with van der Waals surface area (Å²) < 4.78 is 34.9. The summed E-state index contributed by atoms with van der Waals surface area (Å²) in [5.41, 5.74) is 2.05. The van der Waals surface area contributed by atoms with Gasteiger partial charge < -0.3 is 19.3 Å². The van der Waals surface area contributed by atoms with Gasteiger partial charge in [-0.2, -0.15) is 0 Å². The van der Waals surface area contributed by atoms with Crippen LogP contribution in [0.1, 0.15) is 32.3 Å². The van der Waals surface area contributed by atoms with E-state index in [1.807, 2.05) is 36.9 Å². The topological polar surface area (TPSA) is 102 Å². The molecule has 0 bridgehead atoms. The Labute approximate surface area is 188 Å². The number of likely N-dealkylation sites (tertiary alicyclic amines) is 1. The lowest BCUT2D eigenvalue weighted by Gasteiger charge is -2.32. The highest BCUT2D eigenvalue weighted by atomic mass is 32.2. The molecule has 3 heterocycles. The summed E-state index contributed by atoms with van der Waals surface area (Å²) in [6.45, 7) is 5.60. The highest BCUT2D eigenvalue weighted by molar-refractivity contribution is 7.90. The minimum atomic E-state index is -3.34. The van der Waals surface area contributed by atoms with E-state index in [0.29, 0.717) is 25.6 Å². The molecule has 1 amide bonds. The van der Waals surface area contributed by atoms with Gasteiger partial charge in [0.1, 0.15) is 16.7 Å². The lowest BCUT2D eigenvalue weighted by atomic mass is 10.1. The van der Waals surface area contributed by atoms with Gasteiger partial charge in [-0.25, -0.2) is 23.2 Å². The second kappa shape index (κ2) is 8.93. The van der Waals surface area contributed by atoms with Crippen molar-refractivity contribution in [1.29, 1.82) is 0 Å². The number of hydrogen-bond acceptors (Lipinski definition) is 8. The van der Waals surface area contributed by atoms with E-state index in [0.717, 1.165) is 42.5 Å². The van der Waals surface area contributed by atoms with Crippen LogP contribution in [0.25, 0.3) is 0 Å². The first-order valence-electron chi connectivity index (χ1n) is 10.8. The molecule has 0 unspecified atom stereocenters. The fourth-order valence-corrected chi connectivity index (χ4v) is 4.46. The van der Waals surface area contributed by atoms with E-state index >= 15 is 0 Å². The molecule has 0 radical (unpaired) electrons. The predicted octanol–water partition coefficient (Wildman–Crippen LogP) is 2.96. The number of amides is 1. The second-order valence-electron chi connectivity index (χ2n) is 8.38. The Morgan fingerprint density at radius 2 is 1.81 bits per heavy atom. The number of sulfone groups is 1. The molecule has 2 aliphatic rings. The molecule has 32 heavy (non-hydrogen) atoms. The summed E-state index contributed by atoms with van der Waals surface area (Å²) in [6.07, 6.45) is 5.73. The SMILES string of the molecule is CC(C)OC(=O)N1CCC(Oc2cccc3c2CCN3c2ncc(S(C)(=O)=O)cn2)CC1. The quantitative estimate of drug-likeness (QED) is 0.671. The molecule has 0 N–H and O–H groups in total. The molecule has 9 nitrogen and oxygen atoms in total. The molecule has 0 spiro atoms. The third-order valence-electron chi connectivity index (χ3n) is 5.60. The lowest BCUT2D eigenvalue weighted by molar-refractivity contribution is 0.0515. The van der Waals surface area contributed by atoms with Gasteiger partial charge >= 0.3 is 6.09 Å². The molecule has 4 rings (SSSR count). The summed E-state index contributed by atoms with van der Waals surface area (Å²) >= 11 is 0. The number of ether oxygens (including phenoxy) is 2.